The van der Waals surface area contributed by atoms with Gasteiger partial charge < -0.3 is 10.1 Å². The average molecular weight is 288 g/mol. The van der Waals surface area contributed by atoms with E-state index >= 15 is 0 Å². The molecule has 0 aliphatic heterocycles. The third-order valence-corrected chi connectivity index (χ3v) is 6.31. The molecule has 21 heavy (non-hydrogen) atoms. The first-order valence-corrected chi connectivity index (χ1v) is 8.30. The standard InChI is InChI=1S/C18H28N2O/c1-5-19-12-14-7-6-8-16(20-14)21-15-11-13-9-10-18(15,4)17(13,2)3/h6-8,13,15,19H,5,9-12H2,1-4H3. The fourth-order valence-corrected chi connectivity index (χ4v) is 4.33. The summed E-state index contributed by atoms with van der Waals surface area (Å²) in [5.74, 6) is 1.59. The molecule has 0 aromatic carbocycles. The summed E-state index contributed by atoms with van der Waals surface area (Å²) in [7, 11) is 0. The van der Waals surface area contributed by atoms with E-state index in [4.69, 9.17) is 4.74 Å². The van der Waals surface area contributed by atoms with Crippen LogP contribution in [0.2, 0.25) is 0 Å². The van der Waals surface area contributed by atoms with Crippen LogP contribution >= 0.6 is 0 Å². The summed E-state index contributed by atoms with van der Waals surface area (Å²) in [6.07, 6.45) is 4.14. The van der Waals surface area contributed by atoms with Crippen LogP contribution in [0.3, 0.4) is 0 Å². The number of nitrogens with one attached hydrogen (secondary N) is 1. The Hall–Kier alpha value is -1.09. The zero-order valence-electron chi connectivity index (χ0n) is 13.8. The number of hydrogen-bond acceptors (Lipinski definition) is 3. The first-order valence-electron chi connectivity index (χ1n) is 8.30. The van der Waals surface area contributed by atoms with Crippen LogP contribution in [0.5, 0.6) is 5.88 Å². The molecule has 3 heteroatoms. The molecule has 1 aromatic heterocycles. The molecule has 1 heterocycles. The number of ether oxygens (including phenoxy) is 1. The molecule has 0 saturated heterocycles. The summed E-state index contributed by atoms with van der Waals surface area (Å²) in [5, 5.41) is 3.31. The Bertz CT molecular complexity index is 514. The molecule has 3 unspecified atom stereocenters. The Morgan fingerprint density at radius 1 is 1.33 bits per heavy atom. The lowest BCUT2D eigenvalue weighted by molar-refractivity contribution is 0.0272. The summed E-state index contributed by atoms with van der Waals surface area (Å²) < 4.78 is 6.33. The van der Waals surface area contributed by atoms with Crippen LogP contribution < -0.4 is 10.1 Å². The summed E-state index contributed by atoms with van der Waals surface area (Å²) >= 11 is 0. The van der Waals surface area contributed by atoms with Crippen LogP contribution in [0, 0.1) is 16.7 Å². The van der Waals surface area contributed by atoms with E-state index in [1.807, 2.05) is 6.07 Å². The number of hydrogen-bond donors (Lipinski definition) is 1. The zero-order chi connectivity index (χ0) is 15.1. The van der Waals surface area contributed by atoms with Gasteiger partial charge in [0.25, 0.3) is 0 Å². The molecule has 2 saturated carbocycles. The Morgan fingerprint density at radius 2 is 2.14 bits per heavy atom. The number of pyridine rings is 1. The summed E-state index contributed by atoms with van der Waals surface area (Å²) in [6.45, 7) is 11.1. The van der Waals surface area contributed by atoms with Gasteiger partial charge in [0, 0.05) is 18.0 Å². The van der Waals surface area contributed by atoms with E-state index in [1.54, 1.807) is 0 Å². The third kappa shape index (κ3) is 2.36. The van der Waals surface area contributed by atoms with Gasteiger partial charge >= 0.3 is 0 Å². The predicted molar refractivity (Wildman–Crippen MR) is 85.3 cm³/mol. The molecule has 2 aliphatic rings. The van der Waals surface area contributed by atoms with Gasteiger partial charge in [-0.1, -0.05) is 33.8 Å². The van der Waals surface area contributed by atoms with Gasteiger partial charge in [0.1, 0.15) is 6.10 Å². The summed E-state index contributed by atoms with van der Waals surface area (Å²) in [4.78, 5) is 4.65. The maximum absolute atomic E-state index is 6.33. The van der Waals surface area contributed by atoms with Gasteiger partial charge in [0.2, 0.25) is 5.88 Å². The largest absolute Gasteiger partial charge is 0.474 e. The highest BCUT2D eigenvalue weighted by atomic mass is 16.5. The van der Waals surface area contributed by atoms with Gasteiger partial charge in [-0.25, -0.2) is 4.98 Å². The van der Waals surface area contributed by atoms with Crippen LogP contribution in [0.25, 0.3) is 0 Å². The second-order valence-electron chi connectivity index (χ2n) is 7.46. The fourth-order valence-electron chi connectivity index (χ4n) is 4.33. The van der Waals surface area contributed by atoms with Crippen LogP contribution in [0.4, 0.5) is 0 Å². The normalized spacial score (nSPS) is 33.3. The van der Waals surface area contributed by atoms with Crippen molar-refractivity contribution in [2.24, 2.45) is 16.7 Å². The van der Waals surface area contributed by atoms with Gasteiger partial charge in [-0.15, -0.1) is 0 Å². The molecule has 1 N–H and O–H groups in total. The summed E-state index contributed by atoms with van der Waals surface area (Å²) in [6, 6.07) is 6.11. The van der Waals surface area contributed by atoms with Gasteiger partial charge in [0.15, 0.2) is 0 Å². The molecule has 3 nitrogen and oxygen atoms in total. The monoisotopic (exact) mass is 288 g/mol. The molecule has 0 amide bonds. The molecule has 2 fully saturated rings. The lowest BCUT2D eigenvalue weighted by Gasteiger charge is -2.38. The molecule has 0 radical (unpaired) electrons. The number of nitrogens with zero attached hydrogens (tertiary/aromatic N) is 1. The number of rotatable bonds is 5. The topological polar surface area (TPSA) is 34.1 Å². The quantitative estimate of drug-likeness (QED) is 0.895. The van der Waals surface area contributed by atoms with Crippen molar-refractivity contribution in [1.82, 2.24) is 10.3 Å². The van der Waals surface area contributed by atoms with Crippen LogP contribution in [-0.4, -0.2) is 17.6 Å². The van der Waals surface area contributed by atoms with Gasteiger partial charge in [-0.05, 0) is 43.2 Å². The molecular weight excluding hydrogens is 260 g/mol. The maximum Gasteiger partial charge on any atom is 0.213 e. The lowest BCUT2D eigenvalue weighted by atomic mass is 9.70. The van der Waals surface area contributed by atoms with Crippen molar-refractivity contribution < 1.29 is 4.74 Å². The molecule has 3 atom stereocenters. The molecule has 2 bridgehead atoms. The number of aromatic nitrogens is 1. The predicted octanol–water partition coefficient (Wildman–Crippen LogP) is 3.78. The van der Waals surface area contributed by atoms with Crippen LogP contribution in [0.15, 0.2) is 18.2 Å². The van der Waals surface area contributed by atoms with E-state index in [9.17, 15) is 0 Å². The van der Waals surface area contributed by atoms with Crippen molar-refractivity contribution in [2.75, 3.05) is 6.54 Å². The van der Waals surface area contributed by atoms with E-state index in [0.717, 1.165) is 30.6 Å². The molecule has 116 valence electrons. The first kappa shape index (κ1) is 14.8. The highest BCUT2D eigenvalue weighted by Gasteiger charge is 2.62. The van der Waals surface area contributed by atoms with Gasteiger partial charge in [-0.3, -0.25) is 0 Å². The third-order valence-electron chi connectivity index (χ3n) is 6.31. The Labute approximate surface area is 128 Å². The highest BCUT2D eigenvalue weighted by Crippen LogP contribution is 2.66. The van der Waals surface area contributed by atoms with Gasteiger partial charge in [0.05, 0.1) is 5.69 Å². The minimum Gasteiger partial charge on any atom is -0.474 e. The van der Waals surface area contributed by atoms with E-state index in [0.29, 0.717) is 11.5 Å². The van der Waals surface area contributed by atoms with Crippen molar-refractivity contribution in [3.63, 3.8) is 0 Å². The zero-order valence-corrected chi connectivity index (χ0v) is 13.8. The molecule has 0 spiro atoms. The number of fused-ring (bicyclic) bond motifs is 2. The van der Waals surface area contributed by atoms with Crippen molar-refractivity contribution >= 4 is 0 Å². The Morgan fingerprint density at radius 3 is 2.76 bits per heavy atom. The van der Waals surface area contributed by atoms with E-state index in [1.165, 1.54) is 19.3 Å². The second-order valence-corrected chi connectivity index (χ2v) is 7.46. The van der Waals surface area contributed by atoms with Crippen molar-refractivity contribution in [3.8, 4) is 5.88 Å². The molecule has 1 aromatic rings. The molecule has 2 aliphatic carbocycles. The fraction of sp³-hybridized carbons (Fsp3) is 0.722. The van der Waals surface area contributed by atoms with Crippen LogP contribution in [-0.2, 0) is 6.54 Å². The van der Waals surface area contributed by atoms with E-state index in [2.05, 4.69) is 50.1 Å². The minimum atomic E-state index is 0.289. The second kappa shape index (κ2) is 5.28. The van der Waals surface area contributed by atoms with Crippen molar-refractivity contribution in [2.45, 2.75) is 59.6 Å². The minimum absolute atomic E-state index is 0.289. The van der Waals surface area contributed by atoms with Crippen LogP contribution in [0.1, 0.15) is 52.7 Å². The van der Waals surface area contributed by atoms with E-state index < -0.39 is 0 Å². The van der Waals surface area contributed by atoms with Crippen molar-refractivity contribution in [3.05, 3.63) is 23.9 Å². The highest BCUT2D eigenvalue weighted by molar-refractivity contribution is 5.19. The smallest absolute Gasteiger partial charge is 0.213 e. The average Bonchev–Trinajstić information content (AvgIpc) is 2.79. The molecule has 3 rings (SSSR count). The molecular formula is C18H28N2O. The van der Waals surface area contributed by atoms with Crippen molar-refractivity contribution in [1.29, 1.82) is 0 Å². The Balaban J connectivity index is 1.73. The first-order chi connectivity index (χ1) is 9.97. The van der Waals surface area contributed by atoms with E-state index in [-0.39, 0.29) is 5.41 Å². The SMILES string of the molecule is CCNCc1cccc(OC2CC3CCC2(C)C3(C)C)n1. The van der Waals surface area contributed by atoms with Gasteiger partial charge in [-0.2, -0.15) is 0 Å². The Kier molecular flexibility index (Phi) is 3.73. The lowest BCUT2D eigenvalue weighted by Crippen LogP contribution is -2.39. The summed E-state index contributed by atoms with van der Waals surface area (Å²) in [5.41, 5.74) is 1.73. The maximum atomic E-state index is 6.33.